The fourth-order valence-electron chi connectivity index (χ4n) is 1.60. The van der Waals surface area contributed by atoms with Gasteiger partial charge in [0.05, 0.1) is 12.3 Å². The predicted octanol–water partition coefficient (Wildman–Crippen LogP) is 2.91. The van der Waals surface area contributed by atoms with Crippen molar-refractivity contribution in [2.24, 2.45) is 5.10 Å². The Morgan fingerprint density at radius 3 is 2.81 bits per heavy atom. The summed E-state index contributed by atoms with van der Waals surface area (Å²) >= 11 is 5.68. The maximum absolute atomic E-state index is 11.3. The molecule has 0 unspecified atom stereocenters. The van der Waals surface area contributed by atoms with E-state index in [1.165, 1.54) is 5.56 Å². The molecular weight excluding hydrogens is 292 g/mol. The molecule has 0 atom stereocenters. The van der Waals surface area contributed by atoms with Crippen LogP contribution < -0.4 is 5.43 Å². The molecule has 6 nitrogen and oxygen atoms in total. The summed E-state index contributed by atoms with van der Waals surface area (Å²) in [6.07, 6.45) is 0. The highest BCUT2D eigenvalue weighted by Crippen LogP contribution is 2.20. The second-order valence-electron chi connectivity index (χ2n) is 4.27. The van der Waals surface area contributed by atoms with Gasteiger partial charge < -0.3 is 4.74 Å². The van der Waals surface area contributed by atoms with E-state index in [1.54, 1.807) is 13.0 Å². The van der Waals surface area contributed by atoms with E-state index >= 15 is 0 Å². The maximum atomic E-state index is 11.3. The van der Waals surface area contributed by atoms with Gasteiger partial charge in [-0.25, -0.2) is 4.79 Å². The highest BCUT2D eigenvalue weighted by Gasteiger charge is 2.09. The molecule has 0 bridgehead atoms. The monoisotopic (exact) mass is 306 g/mol. The van der Waals surface area contributed by atoms with Crippen LogP contribution in [0, 0.1) is 6.92 Å². The molecule has 0 saturated carbocycles. The number of anilines is 1. The van der Waals surface area contributed by atoms with Gasteiger partial charge in [0.2, 0.25) is 5.17 Å². The number of esters is 1. The number of ether oxygens (including phenoxy) is 1. The molecule has 1 aromatic heterocycles. The summed E-state index contributed by atoms with van der Waals surface area (Å²) in [4.78, 5) is 11.3. The number of aromatic amines is 1. The number of carbonyl (C=O) groups is 1. The molecule has 2 N–H and O–H groups in total. The second-order valence-corrected chi connectivity index (χ2v) is 4.63. The smallest absolute Gasteiger partial charge is 0.370 e. The van der Waals surface area contributed by atoms with E-state index in [0.29, 0.717) is 5.82 Å². The molecule has 110 valence electrons. The minimum atomic E-state index is -0.680. The Balaban J connectivity index is 2.05. The summed E-state index contributed by atoms with van der Waals surface area (Å²) in [6.45, 7) is 3.96. The number of hydrogen-bond donors (Lipinski definition) is 2. The Morgan fingerprint density at radius 2 is 2.14 bits per heavy atom. The topological polar surface area (TPSA) is 79.4 Å². The molecule has 7 heteroatoms. The minimum Gasteiger partial charge on any atom is -0.461 e. The van der Waals surface area contributed by atoms with E-state index in [9.17, 15) is 4.79 Å². The minimum absolute atomic E-state index is 0.241. The zero-order valence-corrected chi connectivity index (χ0v) is 12.4. The van der Waals surface area contributed by atoms with Crippen LogP contribution in [0.25, 0.3) is 11.3 Å². The molecule has 2 rings (SSSR count). The average Bonchev–Trinajstić information content (AvgIpc) is 2.94. The van der Waals surface area contributed by atoms with E-state index < -0.39 is 5.97 Å². The lowest BCUT2D eigenvalue weighted by molar-refractivity contribution is -0.134. The fraction of sp³-hybridized carbons (Fsp3) is 0.214. The van der Waals surface area contributed by atoms with Gasteiger partial charge in [0.1, 0.15) is 0 Å². The molecule has 0 radical (unpaired) electrons. The molecule has 1 heterocycles. The van der Waals surface area contributed by atoms with E-state index in [4.69, 9.17) is 16.3 Å². The van der Waals surface area contributed by atoms with Crippen LogP contribution in [0.4, 0.5) is 5.82 Å². The summed E-state index contributed by atoms with van der Waals surface area (Å²) in [6, 6.07) is 9.77. The standard InChI is InChI=1S/C14H15ClN4O2/c1-3-21-14(20)13(15)19-18-12-8-11(16-17-12)10-6-4-9(2)5-7-10/h4-8H,3H2,1-2H3,(H2,16,17,18)/b19-13-. The molecule has 0 aliphatic carbocycles. The number of halogens is 1. The van der Waals surface area contributed by atoms with Crippen molar-refractivity contribution in [2.75, 3.05) is 12.0 Å². The van der Waals surface area contributed by atoms with Crippen LogP contribution in [0.3, 0.4) is 0 Å². The van der Waals surface area contributed by atoms with Gasteiger partial charge in [0.15, 0.2) is 5.82 Å². The first-order chi connectivity index (χ1) is 10.1. The summed E-state index contributed by atoms with van der Waals surface area (Å²) in [7, 11) is 0. The van der Waals surface area contributed by atoms with Gasteiger partial charge in [-0.2, -0.15) is 10.2 Å². The number of aryl methyl sites for hydroxylation is 1. The zero-order valence-electron chi connectivity index (χ0n) is 11.7. The molecule has 0 fully saturated rings. The highest BCUT2D eigenvalue weighted by molar-refractivity contribution is 6.82. The fourth-order valence-corrected chi connectivity index (χ4v) is 1.70. The molecule has 0 aliphatic rings. The number of hydrazone groups is 1. The summed E-state index contributed by atoms with van der Waals surface area (Å²) in [5.74, 6) is -0.228. The Morgan fingerprint density at radius 1 is 1.43 bits per heavy atom. The van der Waals surface area contributed by atoms with Crippen molar-refractivity contribution in [2.45, 2.75) is 13.8 Å². The first-order valence-electron chi connectivity index (χ1n) is 6.39. The number of nitrogens with zero attached hydrogens (tertiary/aromatic N) is 2. The molecule has 0 spiro atoms. The highest BCUT2D eigenvalue weighted by atomic mass is 35.5. The largest absolute Gasteiger partial charge is 0.461 e. The second kappa shape index (κ2) is 6.90. The van der Waals surface area contributed by atoms with Crippen molar-refractivity contribution < 1.29 is 9.53 Å². The number of carbonyl (C=O) groups excluding carboxylic acids is 1. The van der Waals surface area contributed by atoms with Crippen molar-refractivity contribution in [3.8, 4) is 11.3 Å². The van der Waals surface area contributed by atoms with Gasteiger partial charge in [0.25, 0.3) is 0 Å². The summed E-state index contributed by atoms with van der Waals surface area (Å²) in [5.41, 5.74) is 5.62. The van der Waals surface area contributed by atoms with E-state index in [-0.39, 0.29) is 11.8 Å². The van der Waals surface area contributed by atoms with Crippen LogP contribution in [-0.2, 0) is 9.53 Å². The number of nitrogens with one attached hydrogen (secondary N) is 2. The van der Waals surface area contributed by atoms with Crippen LogP contribution in [0.15, 0.2) is 35.4 Å². The molecule has 0 saturated heterocycles. The first kappa shape index (κ1) is 15.1. The van der Waals surface area contributed by atoms with Crippen LogP contribution in [0.2, 0.25) is 0 Å². The van der Waals surface area contributed by atoms with Crippen LogP contribution >= 0.6 is 11.6 Å². The van der Waals surface area contributed by atoms with Gasteiger partial charge in [-0.1, -0.05) is 41.4 Å². The number of hydrogen-bond acceptors (Lipinski definition) is 5. The van der Waals surface area contributed by atoms with E-state index in [2.05, 4.69) is 20.7 Å². The third kappa shape index (κ3) is 4.06. The van der Waals surface area contributed by atoms with Gasteiger partial charge >= 0.3 is 5.97 Å². The molecule has 2 aromatic rings. The molecule has 21 heavy (non-hydrogen) atoms. The van der Waals surface area contributed by atoms with E-state index in [0.717, 1.165) is 11.3 Å². The molecule has 0 aliphatic heterocycles. The van der Waals surface area contributed by atoms with Crippen molar-refractivity contribution in [1.29, 1.82) is 0 Å². The van der Waals surface area contributed by atoms with Crippen LogP contribution in [0.5, 0.6) is 0 Å². The van der Waals surface area contributed by atoms with Gasteiger partial charge in [-0.05, 0) is 19.4 Å². The van der Waals surface area contributed by atoms with Crippen LogP contribution in [0.1, 0.15) is 12.5 Å². The molecule has 1 aromatic carbocycles. The lowest BCUT2D eigenvalue weighted by Gasteiger charge is -1.99. The number of rotatable bonds is 5. The third-order valence-corrected chi connectivity index (χ3v) is 2.89. The van der Waals surface area contributed by atoms with Gasteiger partial charge in [-0.3, -0.25) is 10.5 Å². The molecule has 0 amide bonds. The number of benzene rings is 1. The van der Waals surface area contributed by atoms with Crippen LogP contribution in [-0.4, -0.2) is 27.9 Å². The van der Waals surface area contributed by atoms with Crippen molar-refractivity contribution in [1.82, 2.24) is 10.2 Å². The van der Waals surface area contributed by atoms with Gasteiger partial charge in [0, 0.05) is 6.07 Å². The maximum Gasteiger partial charge on any atom is 0.370 e. The molecular formula is C14H15ClN4O2. The van der Waals surface area contributed by atoms with Crippen molar-refractivity contribution in [3.63, 3.8) is 0 Å². The van der Waals surface area contributed by atoms with Crippen molar-refractivity contribution >= 4 is 28.6 Å². The quantitative estimate of drug-likeness (QED) is 0.506. The number of aromatic nitrogens is 2. The number of H-pyrrole nitrogens is 1. The zero-order chi connectivity index (χ0) is 15.2. The SMILES string of the molecule is CCOC(=O)/C(Cl)=N/Nc1cc(-c2ccc(C)cc2)[nH]n1. The lowest BCUT2D eigenvalue weighted by atomic mass is 10.1. The Hall–Kier alpha value is -2.34. The summed E-state index contributed by atoms with van der Waals surface area (Å²) in [5, 5.41) is 10.3. The van der Waals surface area contributed by atoms with Gasteiger partial charge in [-0.15, -0.1) is 0 Å². The third-order valence-electron chi connectivity index (χ3n) is 2.65. The van der Waals surface area contributed by atoms with E-state index in [1.807, 2.05) is 31.2 Å². The van der Waals surface area contributed by atoms with Crippen molar-refractivity contribution in [3.05, 3.63) is 35.9 Å². The Labute approximate surface area is 127 Å². The Kier molecular flexibility index (Phi) is 4.94. The summed E-state index contributed by atoms with van der Waals surface area (Å²) < 4.78 is 4.71. The lowest BCUT2D eigenvalue weighted by Crippen LogP contribution is -2.13. The predicted molar refractivity (Wildman–Crippen MR) is 82.3 cm³/mol. The Bertz CT molecular complexity index is 649. The normalized spacial score (nSPS) is 11.3. The average molecular weight is 307 g/mol. The first-order valence-corrected chi connectivity index (χ1v) is 6.76.